The van der Waals surface area contributed by atoms with Crippen molar-refractivity contribution < 1.29 is 17.6 Å². The van der Waals surface area contributed by atoms with Gasteiger partial charge >= 0.3 is 6.18 Å². The van der Waals surface area contributed by atoms with Crippen molar-refractivity contribution in [3.8, 4) is 5.69 Å². The van der Waals surface area contributed by atoms with Gasteiger partial charge in [0.2, 0.25) is 0 Å². The van der Waals surface area contributed by atoms with Crippen LogP contribution in [0.2, 0.25) is 0 Å². The highest BCUT2D eigenvalue weighted by molar-refractivity contribution is 5.68. The topological polar surface area (TPSA) is 65.8 Å². The van der Waals surface area contributed by atoms with Crippen LogP contribution in [0.5, 0.6) is 0 Å². The number of hydroxylamine groups is 1. The van der Waals surface area contributed by atoms with Crippen LogP contribution in [0.1, 0.15) is 11.4 Å². The summed E-state index contributed by atoms with van der Waals surface area (Å²) in [4.78, 5) is 3.27. The zero-order chi connectivity index (χ0) is 20.6. The highest BCUT2D eigenvalue weighted by atomic mass is 19.4. The summed E-state index contributed by atoms with van der Waals surface area (Å²) in [5, 5.41) is 17.3. The molecule has 3 aromatic rings. The van der Waals surface area contributed by atoms with Crippen LogP contribution in [-0.4, -0.2) is 14.8 Å². The number of quaternary nitrogens is 1. The molecule has 6 nitrogen and oxygen atoms in total. The largest absolute Gasteiger partial charge is 0.596 e. The number of para-hydroxylation sites is 1. The Morgan fingerprint density at radius 2 is 1.86 bits per heavy atom. The normalized spacial score (nSPS) is 19.0. The van der Waals surface area contributed by atoms with Gasteiger partial charge in [-0.2, -0.15) is 23.0 Å². The van der Waals surface area contributed by atoms with E-state index in [1.54, 1.807) is 18.2 Å². The molecule has 0 saturated heterocycles. The van der Waals surface area contributed by atoms with Crippen molar-refractivity contribution in [1.29, 1.82) is 0 Å². The number of benzene rings is 1. The number of pyridine rings is 1. The summed E-state index contributed by atoms with van der Waals surface area (Å²) < 4.78 is 53.0. The van der Waals surface area contributed by atoms with Gasteiger partial charge in [0.1, 0.15) is 29.1 Å². The lowest BCUT2D eigenvalue weighted by Crippen LogP contribution is -2.50. The molecule has 29 heavy (non-hydrogen) atoms. The van der Waals surface area contributed by atoms with Crippen LogP contribution >= 0.6 is 0 Å². The van der Waals surface area contributed by atoms with Gasteiger partial charge in [-0.3, -0.25) is 4.98 Å². The highest BCUT2D eigenvalue weighted by Crippen LogP contribution is 2.33. The van der Waals surface area contributed by atoms with E-state index in [0.29, 0.717) is 11.8 Å². The SMILES string of the molecule is [O-][N+]1(c2ccnc(C(F)(F)F)c2)C=CC=C(c2ccnn2-c2ccccc2F)N1. The first-order chi connectivity index (χ1) is 13.8. The van der Waals surface area contributed by atoms with Gasteiger partial charge in [-0.15, -0.1) is 0 Å². The zero-order valence-electron chi connectivity index (χ0n) is 14.6. The van der Waals surface area contributed by atoms with Crippen LogP contribution in [0, 0.1) is 11.0 Å². The lowest BCUT2D eigenvalue weighted by atomic mass is 10.2. The molecule has 0 radical (unpaired) electrons. The minimum atomic E-state index is -4.68. The van der Waals surface area contributed by atoms with E-state index in [2.05, 4.69) is 15.5 Å². The molecule has 10 heteroatoms. The minimum Gasteiger partial charge on any atom is -0.596 e. The summed E-state index contributed by atoms with van der Waals surface area (Å²) in [6, 6.07) is 9.39. The first kappa shape index (κ1) is 18.8. The molecule has 4 rings (SSSR count). The molecule has 0 spiro atoms. The van der Waals surface area contributed by atoms with Crippen LogP contribution in [0.15, 0.2) is 73.2 Å². The van der Waals surface area contributed by atoms with E-state index in [0.717, 1.165) is 12.4 Å². The number of nitrogens with zero attached hydrogens (tertiary/aromatic N) is 4. The van der Waals surface area contributed by atoms with Crippen molar-refractivity contribution in [1.82, 2.24) is 24.9 Å². The summed E-state index contributed by atoms with van der Waals surface area (Å²) in [5.41, 5.74) is 2.03. The Morgan fingerprint density at radius 1 is 1.07 bits per heavy atom. The van der Waals surface area contributed by atoms with Gasteiger partial charge in [-0.05, 0) is 30.4 Å². The number of alkyl halides is 3. The zero-order valence-corrected chi connectivity index (χ0v) is 14.6. The average molecular weight is 403 g/mol. The Hall–Kier alpha value is -3.50. The third kappa shape index (κ3) is 3.50. The standard InChI is InChI=1S/C19H13F4N5O/c20-14-4-1-2-6-16(14)27-17(8-10-25-27)15-5-3-11-28(29,26-15)13-7-9-24-18(12-13)19(21,22)23/h1-12,26H. The Bertz CT molecular complexity index is 1120. The molecule has 0 aliphatic carbocycles. The highest BCUT2D eigenvalue weighted by Gasteiger charge is 2.35. The molecule has 1 aromatic carbocycles. The molecule has 3 heterocycles. The fraction of sp³-hybridized carbons (Fsp3) is 0.0526. The number of hydrogen-bond donors (Lipinski definition) is 1. The average Bonchev–Trinajstić information content (AvgIpc) is 3.17. The van der Waals surface area contributed by atoms with Crippen LogP contribution in [0.3, 0.4) is 0 Å². The molecule has 1 unspecified atom stereocenters. The Labute approximate surface area is 162 Å². The molecule has 1 aliphatic rings. The number of aromatic nitrogens is 3. The van der Waals surface area contributed by atoms with E-state index in [1.165, 1.54) is 41.2 Å². The van der Waals surface area contributed by atoms with E-state index >= 15 is 0 Å². The molecule has 1 N–H and O–H groups in total. The summed E-state index contributed by atoms with van der Waals surface area (Å²) in [5.74, 6) is -0.517. The lowest BCUT2D eigenvalue weighted by Gasteiger charge is -2.40. The Balaban J connectivity index is 1.71. The maximum atomic E-state index is 14.2. The summed E-state index contributed by atoms with van der Waals surface area (Å²) in [6.07, 6.45) is 1.77. The maximum Gasteiger partial charge on any atom is 0.433 e. The number of nitrogens with one attached hydrogen (secondary N) is 1. The van der Waals surface area contributed by atoms with Crippen LogP contribution in [-0.2, 0) is 6.18 Å². The van der Waals surface area contributed by atoms with Gasteiger partial charge in [-0.25, -0.2) is 14.5 Å². The van der Waals surface area contributed by atoms with E-state index in [4.69, 9.17) is 0 Å². The van der Waals surface area contributed by atoms with E-state index in [1.807, 2.05) is 0 Å². The molecule has 0 fully saturated rings. The minimum absolute atomic E-state index is 0.164. The summed E-state index contributed by atoms with van der Waals surface area (Å²) >= 11 is 0. The molecule has 0 saturated carbocycles. The van der Waals surface area contributed by atoms with Gasteiger partial charge in [0, 0.05) is 18.3 Å². The molecular formula is C19H13F4N5O. The van der Waals surface area contributed by atoms with Crippen molar-refractivity contribution in [2.24, 2.45) is 0 Å². The van der Waals surface area contributed by atoms with Crippen LogP contribution < -0.4 is 10.2 Å². The second kappa shape index (κ2) is 6.83. The van der Waals surface area contributed by atoms with E-state index < -0.39 is 22.4 Å². The number of hydrogen-bond acceptors (Lipinski definition) is 4. The van der Waals surface area contributed by atoms with Gasteiger partial charge in [0.15, 0.2) is 5.69 Å². The molecular weight excluding hydrogens is 390 g/mol. The van der Waals surface area contributed by atoms with Gasteiger partial charge < -0.3 is 5.21 Å². The second-order valence-corrected chi connectivity index (χ2v) is 6.17. The molecule has 2 aromatic heterocycles. The molecule has 0 amide bonds. The fourth-order valence-electron chi connectivity index (χ4n) is 2.91. The Morgan fingerprint density at radius 3 is 2.62 bits per heavy atom. The second-order valence-electron chi connectivity index (χ2n) is 6.17. The van der Waals surface area contributed by atoms with Crippen molar-refractivity contribution in [3.63, 3.8) is 0 Å². The fourth-order valence-corrected chi connectivity index (χ4v) is 2.91. The van der Waals surface area contributed by atoms with Gasteiger partial charge in [-0.1, -0.05) is 12.1 Å². The predicted molar refractivity (Wildman–Crippen MR) is 98.2 cm³/mol. The molecule has 148 valence electrons. The van der Waals surface area contributed by atoms with Crippen molar-refractivity contribution in [2.45, 2.75) is 6.18 Å². The third-order valence-corrected chi connectivity index (χ3v) is 4.26. The molecule has 1 aliphatic heterocycles. The summed E-state index contributed by atoms with van der Waals surface area (Å²) in [6.45, 7) is 0. The van der Waals surface area contributed by atoms with Crippen LogP contribution in [0.4, 0.5) is 23.2 Å². The van der Waals surface area contributed by atoms with E-state index in [9.17, 15) is 22.8 Å². The number of halogens is 4. The third-order valence-electron chi connectivity index (χ3n) is 4.26. The molecule has 0 bridgehead atoms. The van der Waals surface area contributed by atoms with Gasteiger partial charge in [0.25, 0.3) is 0 Å². The maximum absolute atomic E-state index is 14.2. The summed E-state index contributed by atoms with van der Waals surface area (Å²) in [7, 11) is 0. The van der Waals surface area contributed by atoms with Crippen LogP contribution in [0.25, 0.3) is 11.4 Å². The quantitative estimate of drug-likeness (QED) is 0.402. The first-order valence-electron chi connectivity index (χ1n) is 8.39. The molecule has 1 atom stereocenters. The van der Waals surface area contributed by atoms with Gasteiger partial charge in [0.05, 0.1) is 11.9 Å². The number of allylic oxidation sites excluding steroid dienone is 2. The monoisotopic (exact) mass is 403 g/mol. The predicted octanol–water partition coefficient (Wildman–Crippen LogP) is 4.30. The lowest BCUT2D eigenvalue weighted by molar-refractivity contribution is -0.141. The van der Waals surface area contributed by atoms with Crippen molar-refractivity contribution in [2.75, 3.05) is 0 Å². The smallest absolute Gasteiger partial charge is 0.433 e. The van der Waals surface area contributed by atoms with E-state index in [-0.39, 0.29) is 17.1 Å². The first-order valence-corrected chi connectivity index (χ1v) is 8.39. The van der Waals surface area contributed by atoms with Crippen molar-refractivity contribution in [3.05, 3.63) is 95.6 Å². The van der Waals surface area contributed by atoms with Crippen molar-refractivity contribution >= 4 is 11.4 Å². The number of rotatable bonds is 3. The Kier molecular flexibility index (Phi) is 4.44.